The van der Waals surface area contributed by atoms with Crippen LogP contribution in [0.2, 0.25) is 5.02 Å². The number of rotatable bonds is 4. The zero-order chi connectivity index (χ0) is 16.4. The molecule has 0 saturated carbocycles. The van der Waals surface area contributed by atoms with Crippen LogP contribution in [0.25, 0.3) is 5.69 Å². The lowest BCUT2D eigenvalue weighted by molar-refractivity contribution is 0.0675. The second kappa shape index (κ2) is 6.41. The van der Waals surface area contributed by atoms with Crippen molar-refractivity contribution in [1.82, 2.24) is 19.9 Å². The van der Waals surface area contributed by atoms with Gasteiger partial charge in [-0.15, -0.1) is 5.10 Å². The van der Waals surface area contributed by atoms with Crippen molar-refractivity contribution in [2.45, 2.75) is 19.9 Å². The highest BCUT2D eigenvalue weighted by Crippen LogP contribution is 2.20. The first-order valence-electron chi connectivity index (χ1n) is 6.62. The summed E-state index contributed by atoms with van der Waals surface area (Å²) in [6.45, 7) is 3.16. The summed E-state index contributed by atoms with van der Waals surface area (Å²) in [7, 11) is 1.56. The number of aliphatic hydroxyl groups is 1. The summed E-state index contributed by atoms with van der Waals surface area (Å²) >= 11 is 5.72. The van der Waals surface area contributed by atoms with Crippen LogP contribution < -0.4 is 0 Å². The van der Waals surface area contributed by atoms with Gasteiger partial charge in [0, 0.05) is 12.1 Å². The number of benzene rings is 1. The molecule has 22 heavy (non-hydrogen) atoms. The highest BCUT2D eigenvalue weighted by Gasteiger charge is 2.24. The van der Waals surface area contributed by atoms with E-state index in [0.29, 0.717) is 5.69 Å². The van der Waals surface area contributed by atoms with Crippen molar-refractivity contribution in [1.29, 1.82) is 0 Å². The van der Waals surface area contributed by atoms with Crippen molar-refractivity contribution in [2.24, 2.45) is 0 Å². The zero-order valence-electron chi connectivity index (χ0n) is 12.4. The fourth-order valence-corrected chi connectivity index (χ4v) is 2.06. The molecule has 0 aliphatic rings. The lowest BCUT2D eigenvalue weighted by Crippen LogP contribution is -2.37. The van der Waals surface area contributed by atoms with Crippen molar-refractivity contribution < 1.29 is 14.3 Å². The van der Waals surface area contributed by atoms with E-state index in [0.717, 1.165) is 0 Å². The molecule has 0 bridgehead atoms. The third-order valence-corrected chi connectivity index (χ3v) is 3.72. The van der Waals surface area contributed by atoms with Gasteiger partial charge in [-0.05, 0) is 32.0 Å². The minimum Gasteiger partial charge on any atom is -0.394 e. The predicted molar refractivity (Wildman–Crippen MR) is 79.7 cm³/mol. The van der Waals surface area contributed by atoms with Crippen molar-refractivity contribution in [3.05, 3.63) is 40.4 Å². The third-order valence-electron chi connectivity index (χ3n) is 3.48. The molecule has 0 fully saturated rings. The van der Waals surface area contributed by atoms with Crippen molar-refractivity contribution in [3.63, 3.8) is 0 Å². The van der Waals surface area contributed by atoms with Crippen molar-refractivity contribution in [3.8, 4) is 5.69 Å². The molecule has 6 nitrogen and oxygen atoms in total. The molecule has 1 aromatic heterocycles. The lowest BCUT2D eigenvalue weighted by atomic mass is 10.2. The molecule has 1 amide bonds. The van der Waals surface area contributed by atoms with Crippen LogP contribution >= 0.6 is 11.6 Å². The molecule has 1 atom stereocenters. The molecule has 8 heteroatoms. The molecular weight excluding hydrogens is 311 g/mol. The summed E-state index contributed by atoms with van der Waals surface area (Å²) < 4.78 is 15.2. The van der Waals surface area contributed by atoms with Crippen molar-refractivity contribution in [2.75, 3.05) is 13.7 Å². The van der Waals surface area contributed by atoms with Crippen LogP contribution in [0.4, 0.5) is 4.39 Å². The van der Waals surface area contributed by atoms with Gasteiger partial charge in [-0.25, -0.2) is 9.07 Å². The lowest BCUT2D eigenvalue weighted by Gasteiger charge is -2.22. The smallest absolute Gasteiger partial charge is 0.276 e. The molecule has 2 aromatic rings. The number of aromatic nitrogens is 3. The first kappa shape index (κ1) is 16.4. The number of hydrogen-bond acceptors (Lipinski definition) is 4. The van der Waals surface area contributed by atoms with Gasteiger partial charge < -0.3 is 10.0 Å². The zero-order valence-corrected chi connectivity index (χ0v) is 13.2. The average molecular weight is 327 g/mol. The summed E-state index contributed by atoms with van der Waals surface area (Å²) in [4.78, 5) is 13.7. The Morgan fingerprint density at radius 2 is 2.23 bits per heavy atom. The molecule has 118 valence electrons. The molecule has 2 rings (SSSR count). The van der Waals surface area contributed by atoms with Gasteiger partial charge in [0.1, 0.15) is 11.5 Å². The van der Waals surface area contributed by atoms with Gasteiger partial charge >= 0.3 is 0 Å². The van der Waals surface area contributed by atoms with Crippen LogP contribution in [0.15, 0.2) is 18.2 Å². The van der Waals surface area contributed by atoms with E-state index in [9.17, 15) is 9.18 Å². The molecule has 1 aromatic carbocycles. The van der Waals surface area contributed by atoms with Crippen LogP contribution in [0.5, 0.6) is 0 Å². The van der Waals surface area contributed by atoms with Crippen LogP contribution in [0.3, 0.4) is 0 Å². The quantitative estimate of drug-likeness (QED) is 0.930. The molecule has 0 aliphatic carbocycles. The Morgan fingerprint density at radius 3 is 2.82 bits per heavy atom. The van der Waals surface area contributed by atoms with E-state index in [-0.39, 0.29) is 35.0 Å². The molecule has 0 saturated heterocycles. The molecule has 0 aliphatic heterocycles. The Labute approximate surface area is 132 Å². The van der Waals surface area contributed by atoms with Gasteiger partial charge in [-0.2, -0.15) is 0 Å². The molecule has 0 spiro atoms. The van der Waals surface area contributed by atoms with Gasteiger partial charge in [-0.3, -0.25) is 4.79 Å². The Balaban J connectivity index is 2.39. The Kier molecular flexibility index (Phi) is 4.77. The summed E-state index contributed by atoms with van der Waals surface area (Å²) in [6, 6.07) is 3.81. The number of aliphatic hydroxyl groups excluding tert-OH is 1. The first-order valence-corrected chi connectivity index (χ1v) is 7.00. The molecule has 1 unspecified atom stereocenters. The standard InChI is InChI=1S/C14H16ClFN4O2/c1-8(7-21)19(3)14(22)13-9(2)20(18-17-13)12-5-4-10(15)6-11(12)16/h4-6,8,21H,7H2,1-3H3. The van der Waals surface area contributed by atoms with Gasteiger partial charge in [-0.1, -0.05) is 16.8 Å². The number of carbonyl (C=O) groups is 1. The monoisotopic (exact) mass is 326 g/mol. The highest BCUT2D eigenvalue weighted by molar-refractivity contribution is 6.30. The molecular formula is C14H16ClFN4O2. The fourth-order valence-electron chi connectivity index (χ4n) is 1.90. The van der Waals surface area contributed by atoms with Gasteiger partial charge in [0.25, 0.3) is 5.91 Å². The minimum absolute atomic E-state index is 0.108. The van der Waals surface area contributed by atoms with Crippen molar-refractivity contribution >= 4 is 17.5 Å². The number of amides is 1. The van der Waals surface area contributed by atoms with E-state index in [1.165, 1.54) is 27.8 Å². The Morgan fingerprint density at radius 1 is 1.55 bits per heavy atom. The average Bonchev–Trinajstić information content (AvgIpc) is 2.86. The maximum absolute atomic E-state index is 14.0. The first-order chi connectivity index (χ1) is 10.4. The number of hydrogen-bond donors (Lipinski definition) is 1. The minimum atomic E-state index is -0.559. The Hall–Kier alpha value is -1.99. The number of carbonyl (C=O) groups excluding carboxylic acids is 1. The van der Waals surface area contributed by atoms with Gasteiger partial charge in [0.05, 0.1) is 18.3 Å². The molecule has 0 radical (unpaired) electrons. The van der Waals surface area contributed by atoms with Crippen LogP contribution in [0, 0.1) is 12.7 Å². The third kappa shape index (κ3) is 2.95. The van der Waals surface area contributed by atoms with Gasteiger partial charge in [0.15, 0.2) is 5.69 Å². The number of halogens is 2. The number of likely N-dealkylation sites (N-methyl/N-ethyl adjacent to an activating group) is 1. The van der Waals surface area contributed by atoms with Crippen LogP contribution in [0.1, 0.15) is 23.1 Å². The van der Waals surface area contributed by atoms with E-state index < -0.39 is 5.82 Å². The maximum Gasteiger partial charge on any atom is 0.276 e. The highest BCUT2D eigenvalue weighted by atomic mass is 35.5. The predicted octanol–water partition coefficient (Wildman–Crippen LogP) is 1.82. The summed E-state index contributed by atoms with van der Waals surface area (Å²) in [5.41, 5.74) is 0.673. The van der Waals surface area contributed by atoms with Crippen LogP contribution in [-0.2, 0) is 0 Å². The SMILES string of the molecule is Cc1c(C(=O)N(C)C(C)CO)nnn1-c1ccc(Cl)cc1F. The maximum atomic E-state index is 14.0. The normalized spacial score (nSPS) is 12.3. The molecule has 1 heterocycles. The fraction of sp³-hybridized carbons (Fsp3) is 0.357. The largest absolute Gasteiger partial charge is 0.394 e. The van der Waals surface area contributed by atoms with Gasteiger partial charge in [0.2, 0.25) is 0 Å². The van der Waals surface area contributed by atoms with Crippen LogP contribution in [-0.4, -0.2) is 50.6 Å². The second-order valence-corrected chi connectivity index (χ2v) is 5.42. The second-order valence-electron chi connectivity index (χ2n) is 4.98. The summed E-state index contributed by atoms with van der Waals surface area (Å²) in [5, 5.41) is 17.1. The summed E-state index contributed by atoms with van der Waals surface area (Å²) in [5.74, 6) is -0.948. The number of nitrogens with zero attached hydrogens (tertiary/aromatic N) is 4. The van der Waals surface area contributed by atoms with E-state index >= 15 is 0 Å². The van der Waals surface area contributed by atoms with E-state index in [4.69, 9.17) is 16.7 Å². The van der Waals surface area contributed by atoms with E-state index in [1.807, 2.05) is 0 Å². The van der Waals surface area contributed by atoms with E-state index in [1.54, 1.807) is 20.9 Å². The summed E-state index contributed by atoms with van der Waals surface area (Å²) in [6.07, 6.45) is 0. The van der Waals surface area contributed by atoms with E-state index in [2.05, 4.69) is 10.3 Å². The topological polar surface area (TPSA) is 71.2 Å². The Bertz CT molecular complexity index is 704. The molecule has 1 N–H and O–H groups in total.